The van der Waals surface area contributed by atoms with Crippen LogP contribution in [0.2, 0.25) is 0 Å². The number of hydrogen-bond donors (Lipinski definition) is 2. The number of nitrogens with two attached hydrogens (primary N) is 1. The predicted molar refractivity (Wildman–Crippen MR) is 110 cm³/mol. The van der Waals surface area contributed by atoms with Gasteiger partial charge in [0.15, 0.2) is 0 Å². The minimum atomic E-state index is -0.413. The van der Waals surface area contributed by atoms with Crippen LogP contribution in [-0.4, -0.2) is 19.6 Å². The molecule has 1 aliphatic carbocycles. The summed E-state index contributed by atoms with van der Waals surface area (Å²) in [6.45, 7) is 1.92. The molecule has 4 heteroatoms. The smallest absolute Gasteiger partial charge is 0.248 e. The van der Waals surface area contributed by atoms with E-state index >= 15 is 0 Å². The lowest BCUT2D eigenvalue weighted by Gasteiger charge is -2.21. The highest BCUT2D eigenvalue weighted by molar-refractivity contribution is 5.93. The van der Waals surface area contributed by atoms with Crippen molar-refractivity contribution in [3.63, 3.8) is 0 Å². The van der Waals surface area contributed by atoms with Crippen LogP contribution in [0.25, 0.3) is 11.1 Å². The molecular weight excluding hydrogens is 336 g/mol. The fourth-order valence-electron chi connectivity index (χ4n) is 3.92. The van der Waals surface area contributed by atoms with Gasteiger partial charge in [-0.2, -0.15) is 0 Å². The number of carbonyl (C=O) groups is 1. The van der Waals surface area contributed by atoms with Gasteiger partial charge in [0.1, 0.15) is 5.75 Å². The van der Waals surface area contributed by atoms with Crippen molar-refractivity contribution in [1.29, 1.82) is 0 Å². The molecule has 4 nitrogen and oxygen atoms in total. The highest BCUT2D eigenvalue weighted by Crippen LogP contribution is 2.31. The van der Waals surface area contributed by atoms with Crippen molar-refractivity contribution < 1.29 is 9.53 Å². The Morgan fingerprint density at radius 2 is 1.85 bits per heavy atom. The van der Waals surface area contributed by atoms with Crippen molar-refractivity contribution in [2.24, 2.45) is 11.7 Å². The van der Waals surface area contributed by atoms with E-state index in [-0.39, 0.29) is 0 Å². The lowest BCUT2D eigenvalue weighted by molar-refractivity contribution is 0.100. The van der Waals surface area contributed by atoms with Gasteiger partial charge >= 0.3 is 0 Å². The number of carbonyl (C=O) groups excluding carboxylic acids is 1. The van der Waals surface area contributed by atoms with Crippen molar-refractivity contribution in [3.8, 4) is 16.9 Å². The molecule has 2 aromatic carbocycles. The van der Waals surface area contributed by atoms with Crippen molar-refractivity contribution in [1.82, 2.24) is 5.32 Å². The van der Waals surface area contributed by atoms with Crippen LogP contribution in [0.3, 0.4) is 0 Å². The highest BCUT2D eigenvalue weighted by atomic mass is 16.5. The molecule has 0 aromatic heterocycles. The number of ether oxygens (including phenoxy) is 1. The summed E-state index contributed by atoms with van der Waals surface area (Å²) in [5.41, 5.74) is 9.12. The van der Waals surface area contributed by atoms with E-state index in [0.29, 0.717) is 5.56 Å². The quantitative estimate of drug-likeness (QED) is 0.675. The Morgan fingerprint density at radius 3 is 2.52 bits per heavy atom. The van der Waals surface area contributed by atoms with Crippen molar-refractivity contribution in [2.75, 3.05) is 13.7 Å². The summed E-state index contributed by atoms with van der Waals surface area (Å²) in [5, 5.41) is 3.59. The molecule has 0 spiro atoms. The molecule has 1 fully saturated rings. The Bertz CT molecular complexity index is 749. The maximum atomic E-state index is 11.3. The molecule has 0 radical (unpaired) electrons. The van der Waals surface area contributed by atoms with Gasteiger partial charge in [0.2, 0.25) is 5.91 Å². The van der Waals surface area contributed by atoms with Gasteiger partial charge in [-0.25, -0.2) is 0 Å². The minimum Gasteiger partial charge on any atom is -0.496 e. The zero-order valence-corrected chi connectivity index (χ0v) is 16.2. The van der Waals surface area contributed by atoms with Crippen LogP contribution in [0.4, 0.5) is 0 Å². The Balaban J connectivity index is 1.63. The van der Waals surface area contributed by atoms with Gasteiger partial charge in [0.25, 0.3) is 0 Å². The zero-order chi connectivity index (χ0) is 19.1. The van der Waals surface area contributed by atoms with Gasteiger partial charge < -0.3 is 15.8 Å². The number of nitrogens with one attached hydrogen (secondary N) is 1. The van der Waals surface area contributed by atoms with E-state index < -0.39 is 5.91 Å². The molecular formula is C23H30N2O2. The maximum Gasteiger partial charge on any atom is 0.248 e. The van der Waals surface area contributed by atoms with Gasteiger partial charge in [-0.1, -0.05) is 50.3 Å². The Labute approximate surface area is 162 Å². The van der Waals surface area contributed by atoms with E-state index in [1.807, 2.05) is 18.2 Å². The number of methoxy groups -OCH3 is 1. The molecule has 3 N–H and O–H groups in total. The summed E-state index contributed by atoms with van der Waals surface area (Å²) in [6.07, 6.45) is 8.30. The third-order valence-electron chi connectivity index (χ3n) is 5.53. The van der Waals surface area contributed by atoms with Crippen molar-refractivity contribution in [2.45, 2.75) is 45.1 Å². The van der Waals surface area contributed by atoms with Crippen LogP contribution in [0.5, 0.6) is 5.75 Å². The minimum absolute atomic E-state index is 0.413. The average molecular weight is 367 g/mol. The second-order valence-electron chi connectivity index (χ2n) is 7.45. The van der Waals surface area contributed by atoms with Gasteiger partial charge in [0, 0.05) is 17.7 Å². The maximum absolute atomic E-state index is 11.3. The van der Waals surface area contributed by atoms with Gasteiger partial charge in [-0.3, -0.25) is 4.79 Å². The van der Waals surface area contributed by atoms with Crippen molar-refractivity contribution >= 4 is 5.91 Å². The van der Waals surface area contributed by atoms with Crippen LogP contribution in [0, 0.1) is 5.92 Å². The Hall–Kier alpha value is -2.33. The molecule has 0 atom stereocenters. The first-order chi connectivity index (χ1) is 13.2. The topological polar surface area (TPSA) is 64.3 Å². The molecule has 1 amide bonds. The zero-order valence-electron chi connectivity index (χ0n) is 16.2. The SMILES string of the molecule is COc1ccc(CNCCC2CCCCC2)cc1-c1ccc(C(N)=O)cc1. The van der Waals surface area contributed by atoms with E-state index in [0.717, 1.165) is 35.9 Å². The molecule has 1 saturated carbocycles. The number of rotatable bonds is 8. The largest absolute Gasteiger partial charge is 0.496 e. The molecule has 0 saturated heterocycles. The van der Waals surface area contributed by atoms with Crippen LogP contribution < -0.4 is 15.8 Å². The van der Waals surface area contributed by atoms with Crippen LogP contribution in [0.15, 0.2) is 42.5 Å². The molecule has 27 heavy (non-hydrogen) atoms. The van der Waals surface area contributed by atoms with Gasteiger partial charge in [-0.15, -0.1) is 0 Å². The number of amides is 1. The fraction of sp³-hybridized carbons (Fsp3) is 0.435. The van der Waals surface area contributed by atoms with E-state index in [2.05, 4.69) is 17.4 Å². The van der Waals surface area contributed by atoms with E-state index in [4.69, 9.17) is 10.5 Å². The van der Waals surface area contributed by atoms with Gasteiger partial charge in [-0.05, 0) is 54.3 Å². The molecule has 0 heterocycles. The highest BCUT2D eigenvalue weighted by Gasteiger charge is 2.13. The average Bonchev–Trinajstić information content (AvgIpc) is 2.72. The van der Waals surface area contributed by atoms with E-state index in [9.17, 15) is 4.79 Å². The first-order valence-electron chi connectivity index (χ1n) is 9.95. The summed E-state index contributed by atoms with van der Waals surface area (Å²) >= 11 is 0. The summed E-state index contributed by atoms with van der Waals surface area (Å²) in [4.78, 5) is 11.3. The van der Waals surface area contributed by atoms with Gasteiger partial charge in [0.05, 0.1) is 7.11 Å². The number of benzene rings is 2. The summed E-state index contributed by atoms with van der Waals surface area (Å²) in [6, 6.07) is 13.6. The molecule has 2 aromatic rings. The molecule has 1 aliphatic rings. The first kappa shape index (κ1) is 19.4. The number of hydrogen-bond acceptors (Lipinski definition) is 3. The molecule has 0 unspecified atom stereocenters. The lowest BCUT2D eigenvalue weighted by atomic mass is 9.87. The summed E-state index contributed by atoms with van der Waals surface area (Å²) in [7, 11) is 1.68. The monoisotopic (exact) mass is 366 g/mol. The second kappa shape index (κ2) is 9.56. The second-order valence-corrected chi connectivity index (χ2v) is 7.45. The summed E-state index contributed by atoms with van der Waals surface area (Å²) in [5.74, 6) is 1.32. The fourth-order valence-corrected chi connectivity index (χ4v) is 3.92. The van der Waals surface area contributed by atoms with Crippen molar-refractivity contribution in [3.05, 3.63) is 53.6 Å². The van der Waals surface area contributed by atoms with Crippen LogP contribution in [0.1, 0.15) is 54.4 Å². The Morgan fingerprint density at radius 1 is 1.11 bits per heavy atom. The predicted octanol–water partition coefficient (Wildman–Crippen LogP) is 4.52. The normalized spacial score (nSPS) is 14.9. The summed E-state index contributed by atoms with van der Waals surface area (Å²) < 4.78 is 5.53. The van der Waals surface area contributed by atoms with Crippen LogP contribution >= 0.6 is 0 Å². The first-order valence-corrected chi connectivity index (χ1v) is 9.95. The third kappa shape index (κ3) is 5.33. The standard InChI is InChI=1S/C23H30N2O2/c1-27-22-12-7-18(16-25-14-13-17-5-3-2-4-6-17)15-21(22)19-8-10-20(11-9-19)23(24)26/h7-12,15,17,25H,2-6,13-14,16H2,1H3,(H2,24,26). The van der Waals surface area contributed by atoms with Crippen LogP contribution in [-0.2, 0) is 6.54 Å². The molecule has 0 aliphatic heterocycles. The molecule has 144 valence electrons. The molecule has 0 bridgehead atoms. The molecule has 3 rings (SSSR count). The van der Waals surface area contributed by atoms with E-state index in [1.165, 1.54) is 44.1 Å². The lowest BCUT2D eigenvalue weighted by Crippen LogP contribution is -2.19. The third-order valence-corrected chi connectivity index (χ3v) is 5.53. The number of primary amides is 1. The van der Waals surface area contributed by atoms with E-state index in [1.54, 1.807) is 19.2 Å². The Kier molecular flexibility index (Phi) is 6.88.